The molecule has 158 valence electrons. The van der Waals surface area contributed by atoms with Crippen molar-refractivity contribution in [3.8, 4) is 11.1 Å². The normalized spacial score (nSPS) is 15.1. The Labute approximate surface area is 182 Å². The molecule has 2 aromatic carbocycles. The van der Waals surface area contributed by atoms with Gasteiger partial charge >= 0.3 is 0 Å². The van der Waals surface area contributed by atoms with E-state index < -0.39 is 5.54 Å². The lowest BCUT2D eigenvalue weighted by Crippen LogP contribution is -2.51. The number of nitrogens with one attached hydrogen (secondary N) is 3. The van der Waals surface area contributed by atoms with Crippen LogP contribution in [0.5, 0.6) is 0 Å². The average Bonchev–Trinajstić information content (AvgIpc) is 2.81. The predicted molar refractivity (Wildman–Crippen MR) is 125 cm³/mol. The zero-order valence-electron chi connectivity index (χ0n) is 17.4. The molecule has 6 heteroatoms. The van der Waals surface area contributed by atoms with Gasteiger partial charge in [0.25, 0.3) is 0 Å². The van der Waals surface area contributed by atoms with Gasteiger partial charge in [-0.1, -0.05) is 43.5 Å². The molecule has 1 aromatic heterocycles. The van der Waals surface area contributed by atoms with Crippen LogP contribution in [0.3, 0.4) is 0 Å². The molecular formula is C25H27N5O. The van der Waals surface area contributed by atoms with Crippen LogP contribution in [0.15, 0.2) is 73.1 Å². The Kier molecular flexibility index (Phi) is 5.98. The fraction of sp³-hybridized carbons (Fsp3) is 0.240. The third kappa shape index (κ3) is 4.74. The highest BCUT2D eigenvalue weighted by molar-refractivity contribution is 6.01. The maximum atomic E-state index is 13.4. The molecule has 0 unspecified atom stereocenters. The summed E-state index contributed by atoms with van der Waals surface area (Å²) in [4.78, 5) is 17.5. The first-order valence-electron chi connectivity index (χ1n) is 10.6. The van der Waals surface area contributed by atoms with Gasteiger partial charge in [-0.15, -0.1) is 0 Å². The number of nitrogen functional groups attached to an aromatic ring is 1. The Morgan fingerprint density at radius 2 is 1.58 bits per heavy atom. The predicted octanol–water partition coefficient (Wildman–Crippen LogP) is 4.79. The number of carbonyl (C=O) groups excluding carboxylic acids is 1. The minimum absolute atomic E-state index is 0.0140. The number of carbonyl (C=O) groups is 1. The third-order valence-electron chi connectivity index (χ3n) is 5.86. The van der Waals surface area contributed by atoms with E-state index in [-0.39, 0.29) is 11.7 Å². The Balaban J connectivity index is 1.53. The number of amides is 1. The summed E-state index contributed by atoms with van der Waals surface area (Å²) < 4.78 is 0. The van der Waals surface area contributed by atoms with Crippen molar-refractivity contribution in [3.05, 3.63) is 78.6 Å². The molecular weight excluding hydrogens is 386 g/mol. The summed E-state index contributed by atoms with van der Waals surface area (Å²) >= 11 is 0. The van der Waals surface area contributed by atoms with Gasteiger partial charge in [-0.3, -0.25) is 15.2 Å². The zero-order chi connectivity index (χ0) is 21.7. The lowest BCUT2D eigenvalue weighted by molar-refractivity contribution is -0.121. The van der Waals surface area contributed by atoms with E-state index >= 15 is 0 Å². The SMILES string of the molecule is N=C(N)c1cccc(NC2(C(=O)Nc3ccc(-c4ccncc4)cc3)CCCCC2)c1. The number of nitrogens with zero attached hydrogens (tertiary/aromatic N) is 1. The molecule has 1 aliphatic rings. The molecule has 0 radical (unpaired) electrons. The van der Waals surface area contributed by atoms with Crippen molar-refractivity contribution in [2.75, 3.05) is 10.6 Å². The first-order chi connectivity index (χ1) is 15.1. The highest BCUT2D eigenvalue weighted by Crippen LogP contribution is 2.33. The quantitative estimate of drug-likeness (QED) is 0.345. The number of benzene rings is 2. The van der Waals surface area contributed by atoms with Gasteiger partial charge in [0.05, 0.1) is 0 Å². The minimum Gasteiger partial charge on any atom is -0.384 e. The number of anilines is 2. The zero-order valence-corrected chi connectivity index (χ0v) is 17.4. The number of pyridine rings is 1. The topological polar surface area (TPSA) is 104 Å². The summed E-state index contributed by atoms with van der Waals surface area (Å²) in [5.41, 5.74) is 9.33. The van der Waals surface area contributed by atoms with Gasteiger partial charge in [0.1, 0.15) is 11.4 Å². The summed E-state index contributed by atoms with van der Waals surface area (Å²) in [7, 11) is 0. The van der Waals surface area contributed by atoms with Crippen LogP contribution in [0.1, 0.15) is 37.7 Å². The summed E-state index contributed by atoms with van der Waals surface area (Å²) in [5, 5.41) is 14.3. The molecule has 1 fully saturated rings. The van der Waals surface area contributed by atoms with Crippen molar-refractivity contribution in [3.63, 3.8) is 0 Å². The Bertz CT molecular complexity index is 1060. The van der Waals surface area contributed by atoms with Gasteiger partial charge in [0.15, 0.2) is 0 Å². The molecule has 1 aliphatic carbocycles. The molecule has 0 atom stereocenters. The molecule has 1 saturated carbocycles. The molecule has 4 rings (SSSR count). The van der Waals surface area contributed by atoms with Crippen molar-refractivity contribution in [2.45, 2.75) is 37.6 Å². The summed E-state index contributed by atoms with van der Waals surface area (Å²) in [5.74, 6) is -0.0165. The van der Waals surface area contributed by atoms with E-state index in [2.05, 4.69) is 15.6 Å². The van der Waals surface area contributed by atoms with Gasteiger partial charge in [-0.2, -0.15) is 0 Å². The number of amidine groups is 1. The van der Waals surface area contributed by atoms with E-state index in [4.69, 9.17) is 11.1 Å². The van der Waals surface area contributed by atoms with Gasteiger partial charge < -0.3 is 16.4 Å². The van der Waals surface area contributed by atoms with Crippen LogP contribution < -0.4 is 16.4 Å². The number of rotatable bonds is 6. The maximum absolute atomic E-state index is 13.4. The van der Waals surface area contributed by atoms with E-state index in [1.54, 1.807) is 18.5 Å². The van der Waals surface area contributed by atoms with Gasteiger partial charge in [0.2, 0.25) is 5.91 Å². The van der Waals surface area contributed by atoms with Crippen LogP contribution in [0.25, 0.3) is 11.1 Å². The van der Waals surface area contributed by atoms with Crippen molar-refractivity contribution < 1.29 is 4.79 Å². The van der Waals surface area contributed by atoms with Crippen LogP contribution in [0.2, 0.25) is 0 Å². The second kappa shape index (κ2) is 9.00. The highest BCUT2D eigenvalue weighted by Gasteiger charge is 2.39. The second-order valence-corrected chi connectivity index (χ2v) is 8.03. The summed E-state index contributed by atoms with van der Waals surface area (Å²) in [6.07, 6.45) is 8.18. The number of hydrogen-bond acceptors (Lipinski definition) is 4. The minimum atomic E-state index is -0.683. The van der Waals surface area contributed by atoms with Crippen molar-refractivity contribution >= 4 is 23.1 Å². The summed E-state index contributed by atoms with van der Waals surface area (Å²) in [6.45, 7) is 0. The molecule has 6 nitrogen and oxygen atoms in total. The number of hydrogen-bond donors (Lipinski definition) is 4. The lowest BCUT2D eigenvalue weighted by atomic mass is 9.80. The van der Waals surface area contributed by atoms with Crippen LogP contribution in [-0.4, -0.2) is 22.3 Å². The van der Waals surface area contributed by atoms with Crippen LogP contribution in [0, 0.1) is 5.41 Å². The molecule has 0 aliphatic heterocycles. The van der Waals surface area contributed by atoms with Crippen molar-refractivity contribution in [1.82, 2.24) is 4.98 Å². The Morgan fingerprint density at radius 3 is 2.26 bits per heavy atom. The summed E-state index contributed by atoms with van der Waals surface area (Å²) in [6, 6.07) is 19.2. The molecule has 3 aromatic rings. The van der Waals surface area contributed by atoms with E-state index in [0.29, 0.717) is 5.56 Å². The molecule has 1 heterocycles. The fourth-order valence-corrected chi connectivity index (χ4v) is 4.15. The van der Waals surface area contributed by atoms with Gasteiger partial charge in [-0.05, 0) is 60.4 Å². The van der Waals surface area contributed by atoms with E-state index in [1.165, 1.54) is 0 Å². The van der Waals surface area contributed by atoms with E-state index in [1.807, 2.05) is 54.6 Å². The van der Waals surface area contributed by atoms with Gasteiger partial charge in [0, 0.05) is 29.3 Å². The first-order valence-corrected chi connectivity index (χ1v) is 10.6. The van der Waals surface area contributed by atoms with E-state index in [0.717, 1.165) is 54.6 Å². The van der Waals surface area contributed by atoms with E-state index in [9.17, 15) is 4.79 Å². The first kappa shape index (κ1) is 20.6. The smallest absolute Gasteiger partial charge is 0.250 e. The largest absolute Gasteiger partial charge is 0.384 e. The Hall–Kier alpha value is -3.67. The Morgan fingerprint density at radius 1 is 0.903 bits per heavy atom. The van der Waals surface area contributed by atoms with Crippen molar-refractivity contribution in [1.29, 1.82) is 5.41 Å². The molecule has 0 spiro atoms. The highest BCUT2D eigenvalue weighted by atomic mass is 16.2. The third-order valence-corrected chi connectivity index (χ3v) is 5.86. The standard InChI is InChI=1S/C25H27N5O/c26-23(27)20-5-4-6-22(17-20)30-25(13-2-1-3-14-25)24(31)29-21-9-7-18(8-10-21)19-11-15-28-16-12-19/h4-12,15-17,30H,1-3,13-14H2,(H3,26,27)(H,29,31). The molecule has 31 heavy (non-hydrogen) atoms. The van der Waals surface area contributed by atoms with Gasteiger partial charge in [-0.25, -0.2) is 0 Å². The molecule has 1 amide bonds. The van der Waals surface area contributed by atoms with Crippen LogP contribution in [0.4, 0.5) is 11.4 Å². The van der Waals surface area contributed by atoms with Crippen LogP contribution >= 0.6 is 0 Å². The van der Waals surface area contributed by atoms with Crippen molar-refractivity contribution in [2.24, 2.45) is 5.73 Å². The lowest BCUT2D eigenvalue weighted by Gasteiger charge is -2.37. The second-order valence-electron chi connectivity index (χ2n) is 8.03. The van der Waals surface area contributed by atoms with Crippen LogP contribution in [-0.2, 0) is 4.79 Å². The number of aromatic nitrogens is 1. The monoisotopic (exact) mass is 413 g/mol. The molecule has 0 bridgehead atoms. The average molecular weight is 414 g/mol. The fourth-order valence-electron chi connectivity index (χ4n) is 4.15. The maximum Gasteiger partial charge on any atom is 0.250 e. The molecule has 5 N–H and O–H groups in total. The molecule has 0 saturated heterocycles. The number of nitrogens with two attached hydrogens (primary N) is 1.